The molecular weight excluding hydrogens is 412 g/mol. The first kappa shape index (κ1) is 24.4. The number of thioether (sulfide) groups is 2. The van der Waals surface area contributed by atoms with Crippen molar-refractivity contribution < 1.29 is 9.59 Å². The Balaban J connectivity index is 0.000000292. The van der Waals surface area contributed by atoms with E-state index >= 15 is 0 Å². The van der Waals surface area contributed by atoms with E-state index < -0.39 is 0 Å². The molecule has 1 aliphatic rings. The summed E-state index contributed by atoms with van der Waals surface area (Å²) in [4.78, 5) is 26.4. The summed E-state index contributed by atoms with van der Waals surface area (Å²) in [7, 11) is 0. The van der Waals surface area contributed by atoms with Crippen molar-refractivity contribution in [1.29, 1.82) is 0 Å². The molecule has 0 radical (unpaired) electrons. The number of halogens is 1. The highest BCUT2D eigenvalue weighted by Crippen LogP contribution is 2.18. The normalized spacial score (nSPS) is 12.2. The van der Waals surface area contributed by atoms with Crippen LogP contribution in [0.5, 0.6) is 0 Å². The van der Waals surface area contributed by atoms with Gasteiger partial charge in [-0.3, -0.25) is 14.5 Å². The van der Waals surface area contributed by atoms with Gasteiger partial charge >= 0.3 is 0 Å². The van der Waals surface area contributed by atoms with Gasteiger partial charge in [-0.15, -0.1) is 0 Å². The third-order valence-corrected chi connectivity index (χ3v) is 5.58. The van der Waals surface area contributed by atoms with Crippen molar-refractivity contribution in [2.24, 2.45) is 0 Å². The lowest BCUT2D eigenvalue weighted by atomic mass is 10.2. The minimum absolute atomic E-state index is 0.0636. The van der Waals surface area contributed by atoms with Crippen LogP contribution in [0.25, 0.3) is 0 Å². The van der Waals surface area contributed by atoms with Gasteiger partial charge in [0.05, 0.1) is 0 Å². The van der Waals surface area contributed by atoms with Gasteiger partial charge < -0.3 is 4.90 Å². The Morgan fingerprint density at radius 2 is 1.50 bits per heavy atom. The highest BCUT2D eigenvalue weighted by atomic mass is 35.5. The van der Waals surface area contributed by atoms with E-state index in [0.717, 1.165) is 29.4 Å². The number of allylic oxidation sites excluding steroid dienone is 4. The second-order valence-corrected chi connectivity index (χ2v) is 8.11. The number of carbonyl (C=O) groups is 2. The molecule has 1 aromatic rings. The van der Waals surface area contributed by atoms with E-state index in [-0.39, 0.29) is 10.5 Å². The van der Waals surface area contributed by atoms with Crippen LogP contribution < -0.4 is 0 Å². The fourth-order valence-electron chi connectivity index (χ4n) is 2.08. The summed E-state index contributed by atoms with van der Waals surface area (Å²) in [6.45, 7) is 7.48. The van der Waals surface area contributed by atoms with Crippen LogP contribution in [0.3, 0.4) is 0 Å². The average Bonchev–Trinajstić information content (AvgIpc) is 2.99. The van der Waals surface area contributed by atoms with Gasteiger partial charge in [0.1, 0.15) is 0 Å². The first-order chi connectivity index (χ1) is 13.5. The van der Waals surface area contributed by atoms with Crippen LogP contribution in [-0.2, 0) is 5.75 Å². The molecule has 4 nitrogen and oxygen atoms in total. The molecule has 0 saturated heterocycles. The van der Waals surface area contributed by atoms with Crippen LogP contribution in [0.2, 0.25) is 5.02 Å². The number of nitrogens with zero attached hydrogens (tertiary/aromatic N) is 2. The molecule has 0 saturated carbocycles. The zero-order chi connectivity index (χ0) is 20.8. The van der Waals surface area contributed by atoms with Crippen LogP contribution in [0.4, 0.5) is 9.59 Å². The van der Waals surface area contributed by atoms with E-state index in [0.29, 0.717) is 5.75 Å². The molecule has 0 bridgehead atoms. The third-order valence-electron chi connectivity index (χ3n) is 3.60. The quantitative estimate of drug-likeness (QED) is 0.507. The molecule has 2 amide bonds. The van der Waals surface area contributed by atoms with Gasteiger partial charge in [-0.25, -0.2) is 0 Å². The maximum absolute atomic E-state index is 11.7. The van der Waals surface area contributed by atoms with E-state index in [4.69, 9.17) is 11.6 Å². The summed E-state index contributed by atoms with van der Waals surface area (Å²) in [5, 5.41) is 0.928. The van der Waals surface area contributed by atoms with E-state index in [1.54, 1.807) is 17.3 Å². The van der Waals surface area contributed by atoms with Crippen LogP contribution in [0.15, 0.2) is 61.0 Å². The molecule has 0 aromatic heterocycles. The lowest BCUT2D eigenvalue weighted by Gasteiger charge is -2.17. The average molecular weight is 439 g/mol. The Kier molecular flexibility index (Phi) is 12.5. The summed E-state index contributed by atoms with van der Waals surface area (Å²) < 4.78 is 0. The Morgan fingerprint density at radius 1 is 0.929 bits per heavy atom. The van der Waals surface area contributed by atoms with E-state index in [9.17, 15) is 9.59 Å². The number of amides is 2. The minimum atomic E-state index is 0.0636. The molecule has 0 unspecified atom stereocenters. The van der Waals surface area contributed by atoms with Crippen molar-refractivity contribution in [3.63, 3.8) is 0 Å². The van der Waals surface area contributed by atoms with E-state index in [1.807, 2.05) is 74.2 Å². The minimum Gasteiger partial charge on any atom is -0.334 e. The molecule has 28 heavy (non-hydrogen) atoms. The Bertz CT molecular complexity index is 683. The van der Waals surface area contributed by atoms with Crippen molar-refractivity contribution in [3.8, 4) is 0 Å². The second-order valence-electron chi connectivity index (χ2n) is 5.53. The molecule has 0 N–H and O–H groups in total. The van der Waals surface area contributed by atoms with Gasteiger partial charge in [-0.05, 0) is 49.4 Å². The van der Waals surface area contributed by atoms with Gasteiger partial charge in [-0.2, -0.15) is 0 Å². The van der Waals surface area contributed by atoms with Crippen LogP contribution in [0.1, 0.15) is 26.3 Å². The van der Waals surface area contributed by atoms with E-state index in [1.165, 1.54) is 23.5 Å². The number of hydrogen-bond acceptors (Lipinski definition) is 4. The van der Waals surface area contributed by atoms with Crippen molar-refractivity contribution in [1.82, 2.24) is 9.80 Å². The molecule has 1 heterocycles. The van der Waals surface area contributed by atoms with Crippen LogP contribution in [-0.4, -0.2) is 39.1 Å². The second kappa shape index (κ2) is 14.4. The van der Waals surface area contributed by atoms with Crippen LogP contribution >= 0.6 is 35.1 Å². The standard InChI is InChI=1S/C12H16ClNOS.C9H11NOS/c1-3-14(4-2)12(15)16-9-10-5-7-11(13)8-6-10;1-2-12-9(11)10-7-5-3-4-6-8-10/h5-8H,3-4,9H2,1-2H3;3-8H,2H2,1H3. The maximum atomic E-state index is 11.7. The largest absolute Gasteiger partial charge is 0.334 e. The van der Waals surface area contributed by atoms with Gasteiger partial charge in [0.25, 0.3) is 10.5 Å². The first-order valence-corrected chi connectivity index (χ1v) is 11.5. The third kappa shape index (κ3) is 9.53. The summed E-state index contributed by atoms with van der Waals surface area (Å²) in [6.07, 6.45) is 11.0. The zero-order valence-electron chi connectivity index (χ0n) is 16.5. The molecule has 2 rings (SSSR count). The van der Waals surface area contributed by atoms with Gasteiger partial charge in [0.2, 0.25) is 0 Å². The highest BCUT2D eigenvalue weighted by Gasteiger charge is 2.09. The van der Waals surface area contributed by atoms with Crippen molar-refractivity contribution in [2.45, 2.75) is 26.5 Å². The molecule has 152 valence electrons. The number of carbonyl (C=O) groups excluding carboxylic acids is 2. The molecule has 1 aliphatic heterocycles. The summed E-state index contributed by atoms with van der Waals surface area (Å²) in [5.74, 6) is 1.51. The number of benzene rings is 1. The lowest BCUT2D eigenvalue weighted by Crippen LogP contribution is -2.26. The molecule has 7 heteroatoms. The van der Waals surface area contributed by atoms with Crippen molar-refractivity contribution in [3.05, 3.63) is 71.6 Å². The molecule has 0 spiro atoms. The monoisotopic (exact) mass is 438 g/mol. The van der Waals surface area contributed by atoms with Gasteiger partial charge in [0, 0.05) is 36.3 Å². The molecule has 0 aliphatic carbocycles. The SMILES string of the molecule is CCN(CC)C(=O)SCc1ccc(Cl)cc1.CCSC(=O)N1C=CC=CC=C1. The number of rotatable bonds is 5. The fraction of sp³-hybridized carbons (Fsp3) is 0.333. The maximum Gasteiger partial charge on any atom is 0.289 e. The van der Waals surface area contributed by atoms with Gasteiger partial charge in [0.15, 0.2) is 0 Å². The van der Waals surface area contributed by atoms with Crippen LogP contribution in [0, 0.1) is 0 Å². The summed E-state index contributed by atoms with van der Waals surface area (Å²) in [5.41, 5.74) is 1.12. The molecular formula is C21H27ClN2O2S2. The Labute approximate surface area is 181 Å². The fourth-order valence-corrected chi connectivity index (χ4v) is 3.65. The molecule has 0 fully saturated rings. The first-order valence-electron chi connectivity index (χ1n) is 9.14. The molecule has 1 aromatic carbocycles. The predicted molar refractivity (Wildman–Crippen MR) is 124 cm³/mol. The van der Waals surface area contributed by atoms with Crippen molar-refractivity contribution >= 4 is 45.6 Å². The van der Waals surface area contributed by atoms with E-state index in [2.05, 4.69) is 0 Å². The smallest absolute Gasteiger partial charge is 0.289 e. The zero-order valence-corrected chi connectivity index (χ0v) is 18.9. The summed E-state index contributed by atoms with van der Waals surface area (Å²) >= 11 is 8.43. The molecule has 0 atom stereocenters. The lowest BCUT2D eigenvalue weighted by molar-refractivity contribution is 0.228. The predicted octanol–water partition coefficient (Wildman–Crippen LogP) is 6.79. The Hall–Kier alpha value is -1.63. The van der Waals surface area contributed by atoms with Crippen molar-refractivity contribution in [2.75, 3.05) is 18.8 Å². The van der Waals surface area contributed by atoms with Gasteiger partial charge in [-0.1, -0.05) is 66.3 Å². The Morgan fingerprint density at radius 3 is 2.00 bits per heavy atom. The number of hydrogen-bond donors (Lipinski definition) is 0. The highest BCUT2D eigenvalue weighted by molar-refractivity contribution is 8.13. The summed E-state index contributed by atoms with van der Waals surface area (Å²) in [6, 6.07) is 7.59. The topological polar surface area (TPSA) is 40.6 Å².